The molecular weight excluding hydrogens is 294 g/mol. The van der Waals surface area contributed by atoms with Gasteiger partial charge in [0.25, 0.3) is 5.91 Å². The summed E-state index contributed by atoms with van der Waals surface area (Å²) >= 11 is 0. The van der Waals surface area contributed by atoms with Crippen molar-refractivity contribution in [3.05, 3.63) is 18.2 Å². The molecule has 1 saturated carbocycles. The van der Waals surface area contributed by atoms with E-state index >= 15 is 0 Å². The van der Waals surface area contributed by atoms with Gasteiger partial charge in [0.1, 0.15) is 5.75 Å². The molecule has 1 fully saturated rings. The van der Waals surface area contributed by atoms with Gasteiger partial charge in [-0.2, -0.15) is 0 Å². The molecule has 3 amide bonds. The first-order chi connectivity index (χ1) is 11.0. The van der Waals surface area contributed by atoms with Crippen molar-refractivity contribution in [2.24, 2.45) is 5.92 Å². The zero-order chi connectivity index (χ0) is 16.4. The lowest BCUT2D eigenvalue weighted by atomic mass is 9.86. The smallest absolute Gasteiger partial charge is 0.319 e. The SMILES string of the molecule is C[C@@H]1Oc2ccc(NC(=O)N[C@H]3CCCC[C@@H]3C)cc2NC1=O. The van der Waals surface area contributed by atoms with Gasteiger partial charge in [0.05, 0.1) is 5.69 Å². The van der Waals surface area contributed by atoms with Crippen LogP contribution in [-0.2, 0) is 4.79 Å². The molecular formula is C17H23N3O3. The second kappa shape index (κ2) is 6.48. The Morgan fingerprint density at radius 1 is 1.26 bits per heavy atom. The molecule has 6 nitrogen and oxygen atoms in total. The lowest BCUT2D eigenvalue weighted by molar-refractivity contribution is -0.122. The number of nitrogens with one attached hydrogen (secondary N) is 3. The molecule has 3 atom stereocenters. The van der Waals surface area contributed by atoms with Crippen molar-refractivity contribution in [1.82, 2.24) is 5.32 Å². The molecule has 1 aromatic rings. The number of carbonyl (C=O) groups is 2. The Bertz CT molecular complexity index is 617. The molecule has 0 radical (unpaired) electrons. The van der Waals surface area contributed by atoms with E-state index in [9.17, 15) is 9.59 Å². The molecule has 2 aliphatic rings. The minimum Gasteiger partial charge on any atom is -0.479 e. The van der Waals surface area contributed by atoms with Gasteiger partial charge in [-0.15, -0.1) is 0 Å². The van der Waals surface area contributed by atoms with Crippen molar-refractivity contribution < 1.29 is 14.3 Å². The summed E-state index contributed by atoms with van der Waals surface area (Å²) in [6.45, 7) is 3.88. The molecule has 23 heavy (non-hydrogen) atoms. The number of urea groups is 1. The van der Waals surface area contributed by atoms with Crippen LogP contribution in [0.15, 0.2) is 18.2 Å². The minimum atomic E-state index is -0.502. The van der Waals surface area contributed by atoms with E-state index in [0.29, 0.717) is 23.0 Å². The molecule has 3 N–H and O–H groups in total. The summed E-state index contributed by atoms with van der Waals surface area (Å²) in [5.41, 5.74) is 1.21. The zero-order valence-corrected chi connectivity index (χ0v) is 13.5. The number of hydrogen-bond acceptors (Lipinski definition) is 3. The Hall–Kier alpha value is -2.24. The molecule has 0 spiro atoms. The van der Waals surface area contributed by atoms with Gasteiger partial charge in [-0.05, 0) is 43.9 Å². The van der Waals surface area contributed by atoms with Crippen LogP contribution in [0.4, 0.5) is 16.2 Å². The Kier molecular flexibility index (Phi) is 4.41. The van der Waals surface area contributed by atoms with Crippen LogP contribution in [0.5, 0.6) is 5.75 Å². The largest absolute Gasteiger partial charge is 0.479 e. The van der Waals surface area contributed by atoms with Gasteiger partial charge in [0.2, 0.25) is 0 Å². The average Bonchev–Trinajstić information content (AvgIpc) is 2.51. The van der Waals surface area contributed by atoms with Crippen molar-refractivity contribution in [2.45, 2.75) is 51.7 Å². The number of carbonyl (C=O) groups excluding carboxylic acids is 2. The van der Waals surface area contributed by atoms with Crippen molar-refractivity contribution in [3.8, 4) is 5.75 Å². The van der Waals surface area contributed by atoms with E-state index in [2.05, 4.69) is 22.9 Å². The summed E-state index contributed by atoms with van der Waals surface area (Å²) in [5, 5.41) is 8.65. The molecule has 1 aromatic carbocycles. The maximum atomic E-state index is 12.2. The molecule has 1 aliphatic carbocycles. The number of amides is 3. The van der Waals surface area contributed by atoms with Crippen LogP contribution in [0.3, 0.4) is 0 Å². The fraction of sp³-hybridized carbons (Fsp3) is 0.529. The highest BCUT2D eigenvalue weighted by Crippen LogP contribution is 2.32. The number of hydrogen-bond donors (Lipinski definition) is 3. The monoisotopic (exact) mass is 317 g/mol. The number of anilines is 2. The highest BCUT2D eigenvalue weighted by molar-refractivity contribution is 5.99. The molecule has 3 rings (SSSR count). The van der Waals surface area contributed by atoms with E-state index in [4.69, 9.17) is 4.74 Å². The number of ether oxygens (including phenoxy) is 1. The zero-order valence-electron chi connectivity index (χ0n) is 13.5. The predicted octanol–water partition coefficient (Wildman–Crippen LogP) is 3.11. The number of fused-ring (bicyclic) bond motifs is 1. The average molecular weight is 317 g/mol. The predicted molar refractivity (Wildman–Crippen MR) is 88.7 cm³/mol. The first kappa shape index (κ1) is 15.6. The van der Waals surface area contributed by atoms with Crippen LogP contribution in [0.1, 0.15) is 39.5 Å². The molecule has 0 unspecified atom stereocenters. The maximum absolute atomic E-state index is 12.2. The highest BCUT2D eigenvalue weighted by atomic mass is 16.5. The lowest BCUT2D eigenvalue weighted by Crippen LogP contribution is -2.43. The standard InChI is InChI=1S/C17H23N3O3/c1-10-5-3-4-6-13(10)20-17(22)18-12-7-8-15-14(9-12)19-16(21)11(2)23-15/h7-11,13H,3-6H2,1-2H3,(H,19,21)(H2,18,20,22)/t10-,11-,13-/m0/s1. The van der Waals surface area contributed by atoms with Gasteiger partial charge in [0, 0.05) is 11.7 Å². The first-order valence-corrected chi connectivity index (χ1v) is 8.22. The maximum Gasteiger partial charge on any atom is 0.319 e. The van der Waals surface area contributed by atoms with E-state index in [-0.39, 0.29) is 18.0 Å². The fourth-order valence-electron chi connectivity index (χ4n) is 3.15. The molecule has 124 valence electrons. The van der Waals surface area contributed by atoms with Crippen LogP contribution in [-0.4, -0.2) is 24.1 Å². The molecule has 6 heteroatoms. The summed E-state index contributed by atoms with van der Waals surface area (Å²) in [5.74, 6) is 0.936. The van der Waals surface area contributed by atoms with Crippen LogP contribution in [0, 0.1) is 5.92 Å². The third-order valence-corrected chi connectivity index (χ3v) is 4.60. The van der Waals surface area contributed by atoms with E-state index in [1.165, 1.54) is 6.42 Å². The topological polar surface area (TPSA) is 79.5 Å². The minimum absolute atomic E-state index is 0.185. The Morgan fingerprint density at radius 2 is 2.04 bits per heavy atom. The van der Waals surface area contributed by atoms with Gasteiger partial charge in [-0.3, -0.25) is 4.79 Å². The summed E-state index contributed by atoms with van der Waals surface area (Å²) in [6, 6.07) is 5.26. The van der Waals surface area contributed by atoms with Gasteiger partial charge >= 0.3 is 6.03 Å². The van der Waals surface area contributed by atoms with Crippen LogP contribution >= 0.6 is 0 Å². The first-order valence-electron chi connectivity index (χ1n) is 8.22. The van der Waals surface area contributed by atoms with Crippen molar-refractivity contribution in [2.75, 3.05) is 10.6 Å². The normalized spacial score (nSPS) is 26.5. The Balaban J connectivity index is 1.63. The summed E-state index contributed by atoms with van der Waals surface area (Å²) in [6.07, 6.45) is 4.09. The molecule has 1 aliphatic heterocycles. The molecule has 0 saturated heterocycles. The lowest BCUT2D eigenvalue weighted by Gasteiger charge is -2.29. The van der Waals surface area contributed by atoms with Crippen LogP contribution in [0.2, 0.25) is 0 Å². The number of benzene rings is 1. The fourth-order valence-corrected chi connectivity index (χ4v) is 3.15. The van der Waals surface area contributed by atoms with E-state index < -0.39 is 6.10 Å². The van der Waals surface area contributed by atoms with Crippen LogP contribution < -0.4 is 20.7 Å². The second-order valence-electron chi connectivity index (χ2n) is 6.43. The van der Waals surface area contributed by atoms with Crippen molar-refractivity contribution >= 4 is 23.3 Å². The van der Waals surface area contributed by atoms with Gasteiger partial charge in [-0.25, -0.2) is 4.79 Å². The van der Waals surface area contributed by atoms with Crippen LogP contribution in [0.25, 0.3) is 0 Å². The quantitative estimate of drug-likeness (QED) is 0.784. The van der Waals surface area contributed by atoms with Gasteiger partial charge in [-0.1, -0.05) is 19.8 Å². The third-order valence-electron chi connectivity index (χ3n) is 4.60. The summed E-state index contributed by atoms with van der Waals surface area (Å²) in [7, 11) is 0. The molecule has 1 heterocycles. The van der Waals surface area contributed by atoms with E-state index in [1.807, 2.05) is 0 Å². The van der Waals surface area contributed by atoms with Gasteiger partial charge < -0.3 is 20.7 Å². The summed E-state index contributed by atoms with van der Waals surface area (Å²) in [4.78, 5) is 23.8. The second-order valence-corrected chi connectivity index (χ2v) is 6.43. The highest BCUT2D eigenvalue weighted by Gasteiger charge is 2.25. The van der Waals surface area contributed by atoms with Gasteiger partial charge in [0.15, 0.2) is 6.10 Å². The molecule has 0 bridgehead atoms. The Morgan fingerprint density at radius 3 is 2.83 bits per heavy atom. The number of rotatable bonds is 2. The third kappa shape index (κ3) is 3.57. The van der Waals surface area contributed by atoms with Crippen molar-refractivity contribution in [3.63, 3.8) is 0 Å². The summed E-state index contributed by atoms with van der Waals surface area (Å²) < 4.78 is 5.50. The van der Waals surface area contributed by atoms with E-state index in [0.717, 1.165) is 19.3 Å². The van der Waals surface area contributed by atoms with Crippen molar-refractivity contribution in [1.29, 1.82) is 0 Å². The Labute approximate surface area is 136 Å². The molecule has 0 aromatic heterocycles. The van der Waals surface area contributed by atoms with E-state index in [1.54, 1.807) is 25.1 Å².